The number of amides is 2. The number of anilines is 1. The number of carboxylic acids is 1. The Hall–Kier alpha value is -4.54. The molecule has 2 atom stereocenters. The minimum absolute atomic E-state index is 0.0649. The smallest absolute Gasteiger partial charge is 0.413 e. The minimum atomic E-state index is -1.23. The van der Waals surface area contributed by atoms with Gasteiger partial charge in [0.25, 0.3) is 0 Å². The predicted molar refractivity (Wildman–Crippen MR) is 155 cm³/mol. The number of ether oxygens (including phenoxy) is 2. The van der Waals surface area contributed by atoms with E-state index in [1.807, 2.05) is 66.7 Å². The zero-order chi connectivity index (χ0) is 28.8. The fourth-order valence-corrected chi connectivity index (χ4v) is 5.53. The molecule has 0 saturated heterocycles. The Morgan fingerprint density at radius 2 is 1.59 bits per heavy atom. The van der Waals surface area contributed by atoms with Crippen LogP contribution in [0.2, 0.25) is 0 Å². The summed E-state index contributed by atoms with van der Waals surface area (Å²) in [6.07, 6.45) is -1.57. The van der Waals surface area contributed by atoms with Crippen LogP contribution < -0.4 is 10.6 Å². The van der Waals surface area contributed by atoms with Crippen molar-refractivity contribution in [3.8, 4) is 11.1 Å². The molecule has 1 heterocycles. The lowest BCUT2D eigenvalue weighted by molar-refractivity contribution is -0.146. The number of nitrogens with one attached hydrogen (secondary N) is 2. The largest absolute Gasteiger partial charge is 0.480 e. The molecule has 9 nitrogen and oxygen atoms in total. The molecule has 1 aliphatic rings. The number of hydrogen-bond donors (Lipinski definition) is 3. The van der Waals surface area contributed by atoms with Crippen LogP contribution in [-0.2, 0) is 32.1 Å². The van der Waals surface area contributed by atoms with E-state index in [9.17, 15) is 19.5 Å². The second-order valence-corrected chi connectivity index (χ2v) is 10.5. The highest BCUT2D eigenvalue weighted by Crippen LogP contribution is 2.44. The molecule has 0 saturated carbocycles. The SMILES string of the molecule is C[C@H](OCc1ccccc1)[C@@H](NC(=O)Cc1csc(NC(=O)OCC2c3ccccc3-c3ccccc32)n1)C(=O)O. The van der Waals surface area contributed by atoms with Crippen molar-refractivity contribution in [3.05, 3.63) is 107 Å². The summed E-state index contributed by atoms with van der Waals surface area (Å²) in [5, 5.41) is 16.7. The molecule has 0 bridgehead atoms. The molecule has 0 fully saturated rings. The summed E-state index contributed by atoms with van der Waals surface area (Å²) < 4.78 is 11.2. The van der Waals surface area contributed by atoms with Crippen molar-refractivity contribution in [2.45, 2.75) is 38.0 Å². The van der Waals surface area contributed by atoms with E-state index in [0.717, 1.165) is 39.2 Å². The lowest BCUT2D eigenvalue weighted by Gasteiger charge is -2.22. The zero-order valence-electron chi connectivity index (χ0n) is 22.3. The second kappa shape index (κ2) is 12.8. The van der Waals surface area contributed by atoms with Crippen molar-refractivity contribution >= 4 is 34.4 Å². The van der Waals surface area contributed by atoms with Crippen molar-refractivity contribution in [1.29, 1.82) is 0 Å². The number of thiazole rings is 1. The topological polar surface area (TPSA) is 127 Å². The number of carbonyl (C=O) groups excluding carboxylic acids is 2. The maximum atomic E-state index is 12.6. The van der Waals surface area contributed by atoms with E-state index in [4.69, 9.17) is 9.47 Å². The van der Waals surface area contributed by atoms with Crippen molar-refractivity contribution in [3.63, 3.8) is 0 Å². The molecule has 5 rings (SSSR count). The van der Waals surface area contributed by atoms with E-state index in [1.165, 1.54) is 0 Å². The first kappa shape index (κ1) is 28.0. The Bertz CT molecular complexity index is 1490. The highest BCUT2D eigenvalue weighted by Gasteiger charge is 2.30. The minimum Gasteiger partial charge on any atom is -0.480 e. The van der Waals surface area contributed by atoms with E-state index >= 15 is 0 Å². The quantitative estimate of drug-likeness (QED) is 0.225. The molecule has 41 heavy (non-hydrogen) atoms. The summed E-state index contributed by atoms with van der Waals surface area (Å²) in [4.78, 5) is 41.2. The first-order valence-electron chi connectivity index (χ1n) is 13.1. The molecule has 10 heteroatoms. The lowest BCUT2D eigenvalue weighted by atomic mass is 9.98. The third kappa shape index (κ3) is 6.79. The van der Waals surface area contributed by atoms with Gasteiger partial charge in [0.05, 0.1) is 24.8 Å². The van der Waals surface area contributed by atoms with Crippen LogP contribution in [0.1, 0.15) is 35.2 Å². The van der Waals surface area contributed by atoms with E-state index in [0.29, 0.717) is 5.69 Å². The van der Waals surface area contributed by atoms with Gasteiger partial charge in [0.2, 0.25) is 5.91 Å². The molecule has 0 spiro atoms. The van der Waals surface area contributed by atoms with Crippen molar-refractivity contribution < 1.29 is 29.0 Å². The number of carboxylic acid groups (broad SMARTS) is 1. The number of hydrogen-bond acceptors (Lipinski definition) is 7. The summed E-state index contributed by atoms with van der Waals surface area (Å²) in [5.74, 6) is -1.79. The van der Waals surface area contributed by atoms with Gasteiger partial charge in [-0.2, -0.15) is 0 Å². The average Bonchev–Trinajstić information content (AvgIpc) is 3.55. The van der Waals surface area contributed by atoms with Gasteiger partial charge in [-0.05, 0) is 34.7 Å². The maximum absolute atomic E-state index is 12.6. The molecule has 2 amide bonds. The Labute approximate surface area is 241 Å². The number of benzene rings is 3. The summed E-state index contributed by atoms with van der Waals surface area (Å²) >= 11 is 1.15. The van der Waals surface area contributed by atoms with Gasteiger partial charge < -0.3 is 19.9 Å². The molecule has 1 aromatic heterocycles. The molecule has 0 unspecified atom stereocenters. The first-order chi connectivity index (χ1) is 19.9. The molecule has 1 aliphatic carbocycles. The maximum Gasteiger partial charge on any atom is 0.413 e. The Balaban J connectivity index is 1.12. The average molecular weight is 572 g/mol. The first-order valence-corrected chi connectivity index (χ1v) is 14.0. The highest BCUT2D eigenvalue weighted by atomic mass is 32.1. The van der Waals surface area contributed by atoms with Crippen LogP contribution in [0, 0.1) is 0 Å². The van der Waals surface area contributed by atoms with Crippen LogP contribution in [0.3, 0.4) is 0 Å². The van der Waals surface area contributed by atoms with Crippen LogP contribution >= 0.6 is 11.3 Å². The number of rotatable bonds is 11. The van der Waals surface area contributed by atoms with E-state index in [-0.39, 0.29) is 30.7 Å². The van der Waals surface area contributed by atoms with Crippen LogP contribution in [0.25, 0.3) is 11.1 Å². The standard InChI is InChI=1S/C31H29N3O6S/c1-19(39-16-20-9-3-2-4-10-20)28(29(36)37)33-27(35)15-21-18-41-30(32-21)34-31(38)40-17-26-24-13-7-5-11-22(24)23-12-6-8-14-25(23)26/h2-14,18-19,26,28H,15-17H2,1H3,(H,33,35)(H,36,37)(H,32,34,38)/t19-,28+/m0/s1. The Morgan fingerprint density at radius 3 is 2.24 bits per heavy atom. The number of aromatic nitrogens is 1. The number of fused-ring (bicyclic) bond motifs is 3. The fraction of sp³-hybridized carbons (Fsp3) is 0.226. The third-order valence-corrected chi connectivity index (χ3v) is 7.66. The van der Waals surface area contributed by atoms with Crippen molar-refractivity contribution in [2.75, 3.05) is 11.9 Å². The Kier molecular flexibility index (Phi) is 8.71. The van der Waals surface area contributed by atoms with E-state index in [1.54, 1.807) is 12.3 Å². The second-order valence-electron chi connectivity index (χ2n) is 9.66. The molecular formula is C31H29N3O6S. The van der Waals surface area contributed by atoms with Crippen LogP contribution in [0.5, 0.6) is 0 Å². The van der Waals surface area contributed by atoms with E-state index in [2.05, 4.69) is 27.8 Å². The monoisotopic (exact) mass is 571 g/mol. The van der Waals surface area contributed by atoms with Gasteiger partial charge in [-0.15, -0.1) is 11.3 Å². The van der Waals surface area contributed by atoms with Gasteiger partial charge in [0.1, 0.15) is 6.61 Å². The molecule has 0 aliphatic heterocycles. The van der Waals surface area contributed by atoms with Gasteiger partial charge in [-0.25, -0.2) is 14.6 Å². The molecule has 3 aromatic carbocycles. The molecular weight excluding hydrogens is 542 g/mol. The van der Waals surface area contributed by atoms with Crippen LogP contribution in [0.15, 0.2) is 84.2 Å². The summed E-state index contributed by atoms with van der Waals surface area (Å²) in [6, 6.07) is 24.3. The van der Waals surface area contributed by atoms with Gasteiger partial charge in [0, 0.05) is 11.3 Å². The number of carbonyl (C=O) groups is 3. The summed E-state index contributed by atoms with van der Waals surface area (Å²) in [5.41, 5.74) is 5.80. The van der Waals surface area contributed by atoms with Crippen molar-refractivity contribution in [1.82, 2.24) is 10.3 Å². The van der Waals surface area contributed by atoms with Gasteiger partial charge >= 0.3 is 12.1 Å². The van der Waals surface area contributed by atoms with E-state index < -0.39 is 30.1 Å². The van der Waals surface area contributed by atoms with Gasteiger partial charge in [-0.1, -0.05) is 78.9 Å². The van der Waals surface area contributed by atoms with Gasteiger partial charge in [-0.3, -0.25) is 10.1 Å². The predicted octanol–water partition coefficient (Wildman–Crippen LogP) is 5.22. The number of nitrogens with zero attached hydrogens (tertiary/aromatic N) is 1. The highest BCUT2D eigenvalue weighted by molar-refractivity contribution is 7.13. The van der Waals surface area contributed by atoms with Crippen LogP contribution in [0.4, 0.5) is 9.93 Å². The lowest BCUT2D eigenvalue weighted by Crippen LogP contribution is -2.49. The normalized spacial score (nSPS) is 13.5. The molecule has 3 N–H and O–H groups in total. The zero-order valence-corrected chi connectivity index (χ0v) is 23.1. The molecule has 4 aromatic rings. The molecule has 210 valence electrons. The summed E-state index contributed by atoms with van der Waals surface area (Å²) in [6.45, 7) is 1.99. The number of aliphatic carboxylic acids is 1. The Morgan fingerprint density at radius 1 is 0.951 bits per heavy atom. The summed E-state index contributed by atoms with van der Waals surface area (Å²) in [7, 11) is 0. The third-order valence-electron chi connectivity index (χ3n) is 6.85. The fourth-order valence-electron chi connectivity index (χ4n) is 4.83. The molecule has 0 radical (unpaired) electrons. The van der Waals surface area contributed by atoms with Crippen molar-refractivity contribution in [2.24, 2.45) is 0 Å². The van der Waals surface area contributed by atoms with Gasteiger partial charge in [0.15, 0.2) is 11.2 Å². The van der Waals surface area contributed by atoms with Crippen LogP contribution in [-0.4, -0.2) is 46.8 Å².